The van der Waals surface area contributed by atoms with E-state index >= 15 is 0 Å². The van der Waals surface area contributed by atoms with Gasteiger partial charge in [-0.15, -0.1) is 0 Å². The van der Waals surface area contributed by atoms with Gasteiger partial charge >= 0.3 is 0 Å². The second-order valence-electron chi connectivity index (χ2n) is 7.92. The number of aliphatic hydroxyl groups is 2. The molecule has 1 saturated heterocycles. The first-order valence-corrected chi connectivity index (χ1v) is 10.4. The van der Waals surface area contributed by atoms with Crippen molar-refractivity contribution in [1.29, 1.82) is 0 Å². The average molecular weight is 412 g/mol. The Morgan fingerprint density at radius 1 is 1.03 bits per heavy atom. The highest BCUT2D eigenvalue weighted by atomic mass is 16.5. The molecule has 0 bridgehead atoms. The van der Waals surface area contributed by atoms with Gasteiger partial charge in [0.15, 0.2) is 0 Å². The summed E-state index contributed by atoms with van der Waals surface area (Å²) in [4.78, 5) is 17.2. The lowest BCUT2D eigenvalue weighted by Crippen LogP contribution is -2.49. The molecule has 0 spiro atoms. The second kappa shape index (κ2) is 9.14. The van der Waals surface area contributed by atoms with Crippen LogP contribution in [0.15, 0.2) is 45.6 Å². The Kier molecular flexibility index (Phi) is 6.34. The Balaban J connectivity index is 1.39. The van der Waals surface area contributed by atoms with Gasteiger partial charge in [-0.1, -0.05) is 11.6 Å². The minimum absolute atomic E-state index is 0.0538. The number of nitrogens with zero attached hydrogens (tertiary/aromatic N) is 2. The van der Waals surface area contributed by atoms with Crippen molar-refractivity contribution in [3.05, 3.63) is 52.2 Å². The number of ether oxygens (including phenoxy) is 1. The van der Waals surface area contributed by atoms with Crippen molar-refractivity contribution in [2.24, 2.45) is 0 Å². The van der Waals surface area contributed by atoms with Gasteiger partial charge in [-0.3, -0.25) is 14.6 Å². The molecule has 1 aliphatic heterocycles. The van der Waals surface area contributed by atoms with E-state index in [9.17, 15) is 9.90 Å². The van der Waals surface area contributed by atoms with Crippen LogP contribution in [0.3, 0.4) is 0 Å². The van der Waals surface area contributed by atoms with Crippen molar-refractivity contribution in [1.82, 2.24) is 9.80 Å². The molecule has 0 aliphatic carbocycles. The fraction of sp³-hybridized carbons (Fsp3) is 0.435. The third kappa shape index (κ3) is 4.65. The first kappa shape index (κ1) is 20.8. The Hall–Kier alpha value is -2.45. The van der Waals surface area contributed by atoms with Crippen LogP contribution >= 0.6 is 0 Å². The summed E-state index contributed by atoms with van der Waals surface area (Å²) in [6.45, 7) is 7.05. The van der Waals surface area contributed by atoms with Crippen LogP contribution in [0.1, 0.15) is 5.56 Å². The minimum Gasteiger partial charge on any atom is -0.491 e. The summed E-state index contributed by atoms with van der Waals surface area (Å²) in [5.74, 6) is 0.559. The Morgan fingerprint density at radius 2 is 1.80 bits per heavy atom. The molecule has 1 atom stereocenters. The van der Waals surface area contributed by atoms with Crippen molar-refractivity contribution in [3.63, 3.8) is 0 Å². The van der Waals surface area contributed by atoms with Gasteiger partial charge in [0.1, 0.15) is 29.6 Å². The maximum atomic E-state index is 12.7. The van der Waals surface area contributed by atoms with E-state index in [0.29, 0.717) is 40.8 Å². The van der Waals surface area contributed by atoms with Crippen LogP contribution in [0.4, 0.5) is 0 Å². The average Bonchev–Trinajstić information content (AvgIpc) is 2.74. The van der Waals surface area contributed by atoms with Crippen molar-refractivity contribution in [3.8, 4) is 5.75 Å². The van der Waals surface area contributed by atoms with E-state index in [1.54, 1.807) is 18.2 Å². The van der Waals surface area contributed by atoms with E-state index in [4.69, 9.17) is 14.3 Å². The van der Waals surface area contributed by atoms with Crippen LogP contribution in [-0.4, -0.2) is 78.6 Å². The summed E-state index contributed by atoms with van der Waals surface area (Å²) in [7, 11) is 0. The zero-order chi connectivity index (χ0) is 21.1. The third-order valence-electron chi connectivity index (χ3n) is 5.59. The normalized spacial score (nSPS) is 16.9. The first-order chi connectivity index (χ1) is 14.5. The summed E-state index contributed by atoms with van der Waals surface area (Å²) in [6, 6.07) is 10.7. The largest absolute Gasteiger partial charge is 0.491 e. The highest BCUT2D eigenvalue weighted by Crippen LogP contribution is 2.23. The number of hydrogen-bond donors (Lipinski definition) is 2. The molecule has 160 valence electrons. The smallest absolute Gasteiger partial charge is 0.200 e. The fourth-order valence-corrected chi connectivity index (χ4v) is 3.92. The summed E-state index contributed by atoms with van der Waals surface area (Å²) in [6.07, 6.45) is -0.614. The summed E-state index contributed by atoms with van der Waals surface area (Å²) < 4.78 is 11.7. The van der Waals surface area contributed by atoms with E-state index in [2.05, 4.69) is 9.80 Å². The maximum absolute atomic E-state index is 12.7. The third-order valence-corrected chi connectivity index (χ3v) is 5.59. The minimum atomic E-state index is -0.614. The van der Waals surface area contributed by atoms with E-state index in [1.807, 2.05) is 25.1 Å². The van der Waals surface area contributed by atoms with E-state index in [-0.39, 0.29) is 18.6 Å². The van der Waals surface area contributed by atoms with Gasteiger partial charge in [0, 0.05) is 45.3 Å². The number of rotatable bonds is 7. The van der Waals surface area contributed by atoms with E-state index in [1.165, 1.54) is 0 Å². The maximum Gasteiger partial charge on any atom is 0.200 e. The molecular weight excluding hydrogens is 384 g/mol. The van der Waals surface area contributed by atoms with Gasteiger partial charge in [0.05, 0.1) is 17.4 Å². The number of aryl methyl sites for hydroxylation is 1. The molecule has 0 radical (unpaired) electrons. The zero-order valence-corrected chi connectivity index (χ0v) is 17.2. The lowest BCUT2D eigenvalue weighted by molar-refractivity contribution is 0.0428. The van der Waals surface area contributed by atoms with Crippen molar-refractivity contribution in [2.75, 3.05) is 52.5 Å². The fourth-order valence-electron chi connectivity index (χ4n) is 3.92. The van der Waals surface area contributed by atoms with Gasteiger partial charge in [-0.05, 0) is 31.2 Å². The predicted molar refractivity (Wildman–Crippen MR) is 116 cm³/mol. The van der Waals surface area contributed by atoms with Crippen LogP contribution in [0.25, 0.3) is 21.9 Å². The molecule has 2 heterocycles. The van der Waals surface area contributed by atoms with Gasteiger partial charge in [-0.2, -0.15) is 0 Å². The highest BCUT2D eigenvalue weighted by Gasteiger charge is 2.19. The molecule has 1 unspecified atom stereocenters. The first-order valence-electron chi connectivity index (χ1n) is 10.4. The Bertz CT molecular complexity index is 1070. The van der Waals surface area contributed by atoms with Crippen LogP contribution < -0.4 is 10.2 Å². The van der Waals surface area contributed by atoms with Gasteiger partial charge in [-0.25, -0.2) is 0 Å². The molecule has 0 amide bonds. The van der Waals surface area contributed by atoms with Crippen LogP contribution in [0.5, 0.6) is 5.75 Å². The monoisotopic (exact) mass is 412 g/mol. The summed E-state index contributed by atoms with van der Waals surface area (Å²) >= 11 is 0. The topological polar surface area (TPSA) is 86.4 Å². The van der Waals surface area contributed by atoms with Gasteiger partial charge in [0.25, 0.3) is 0 Å². The van der Waals surface area contributed by atoms with Gasteiger partial charge in [0.2, 0.25) is 5.43 Å². The molecule has 3 aromatic rings. The summed E-state index contributed by atoms with van der Waals surface area (Å²) in [5.41, 5.74) is 1.98. The number of fused-ring (bicyclic) bond motifs is 2. The number of benzene rings is 2. The Labute approximate surface area is 175 Å². The van der Waals surface area contributed by atoms with Crippen molar-refractivity contribution < 1.29 is 19.4 Å². The molecule has 30 heavy (non-hydrogen) atoms. The van der Waals surface area contributed by atoms with Crippen molar-refractivity contribution >= 4 is 21.9 Å². The SMILES string of the molecule is Cc1ccc2oc3cc(OCC(O)CN4CCN(CCO)CC4)ccc3c(=O)c2c1. The molecule has 7 heteroatoms. The zero-order valence-electron chi connectivity index (χ0n) is 17.2. The lowest BCUT2D eigenvalue weighted by Gasteiger charge is -2.35. The quantitative estimate of drug-likeness (QED) is 0.570. The van der Waals surface area contributed by atoms with Crippen LogP contribution in [0.2, 0.25) is 0 Å². The molecule has 4 rings (SSSR count). The molecule has 1 fully saturated rings. The van der Waals surface area contributed by atoms with Crippen LogP contribution in [0, 0.1) is 6.92 Å². The van der Waals surface area contributed by atoms with Crippen LogP contribution in [-0.2, 0) is 0 Å². The second-order valence-corrected chi connectivity index (χ2v) is 7.92. The number of piperazine rings is 1. The predicted octanol–water partition coefficient (Wildman–Crippen LogP) is 1.60. The molecule has 2 N–H and O–H groups in total. The molecule has 1 aromatic heterocycles. The molecule has 1 aliphatic rings. The molecule has 2 aromatic carbocycles. The molecular formula is C23H28N2O5. The lowest BCUT2D eigenvalue weighted by atomic mass is 10.1. The summed E-state index contributed by atoms with van der Waals surface area (Å²) in [5, 5.41) is 20.5. The molecule has 0 saturated carbocycles. The van der Waals surface area contributed by atoms with Crippen molar-refractivity contribution in [2.45, 2.75) is 13.0 Å². The number of hydrogen-bond acceptors (Lipinski definition) is 7. The van der Waals surface area contributed by atoms with E-state index in [0.717, 1.165) is 31.7 Å². The number of β-amino-alcohol motifs (C(OH)–C–C–N with tert-alkyl or cyclic N) is 2. The number of aliphatic hydroxyl groups excluding tert-OH is 2. The Morgan fingerprint density at radius 3 is 2.57 bits per heavy atom. The highest BCUT2D eigenvalue weighted by molar-refractivity contribution is 5.90. The standard InChI is InChI=1S/C23H28N2O5/c1-16-2-5-21-20(12-16)23(28)19-4-3-18(13-22(19)30-21)29-15-17(27)14-25-8-6-24(7-9-25)10-11-26/h2-5,12-13,17,26-27H,6-11,14-15H2,1H3. The van der Waals surface area contributed by atoms with Gasteiger partial charge < -0.3 is 19.4 Å². The molecule has 7 nitrogen and oxygen atoms in total. The van der Waals surface area contributed by atoms with E-state index < -0.39 is 6.10 Å².